The van der Waals surface area contributed by atoms with Gasteiger partial charge in [-0.1, -0.05) is 12.8 Å². The first-order chi connectivity index (χ1) is 8.99. The Bertz CT molecular complexity index is 416. The topological polar surface area (TPSA) is 75.3 Å². The Kier molecular flexibility index (Phi) is 4.84. The van der Waals surface area contributed by atoms with E-state index in [0.29, 0.717) is 0 Å². The van der Waals surface area contributed by atoms with Crippen molar-refractivity contribution in [1.82, 2.24) is 10.6 Å². The first-order valence-corrected chi connectivity index (χ1v) is 8.95. The molecule has 2 aliphatic rings. The van der Waals surface area contributed by atoms with Gasteiger partial charge in [0.15, 0.2) is 9.84 Å². The van der Waals surface area contributed by atoms with Gasteiger partial charge in [0.1, 0.15) is 5.75 Å². The van der Waals surface area contributed by atoms with Crippen LogP contribution >= 0.6 is 0 Å². The van der Waals surface area contributed by atoms with Crippen LogP contribution in [0.4, 0.5) is 0 Å². The van der Waals surface area contributed by atoms with Crippen molar-refractivity contribution >= 4 is 15.7 Å². The molecule has 6 heteroatoms. The maximum absolute atomic E-state index is 12.1. The predicted molar refractivity (Wildman–Crippen MR) is 74.7 cm³/mol. The smallest absolute Gasteiger partial charge is 0.235 e. The summed E-state index contributed by atoms with van der Waals surface area (Å²) in [6.07, 6.45) is 5.31. The SMILES string of the molecule is CC1NCCCC1NC(=O)CS(=O)(=O)C1CCCC1. The molecule has 0 aromatic rings. The van der Waals surface area contributed by atoms with Gasteiger partial charge in [0.2, 0.25) is 5.91 Å². The first-order valence-electron chi connectivity index (χ1n) is 7.23. The summed E-state index contributed by atoms with van der Waals surface area (Å²) in [5, 5.41) is 5.87. The third-order valence-corrected chi connectivity index (χ3v) is 6.40. The number of hydrogen-bond donors (Lipinski definition) is 2. The molecule has 1 heterocycles. The lowest BCUT2D eigenvalue weighted by atomic mass is 10.00. The van der Waals surface area contributed by atoms with Gasteiger partial charge >= 0.3 is 0 Å². The van der Waals surface area contributed by atoms with Crippen LogP contribution in [0, 0.1) is 0 Å². The number of piperidine rings is 1. The van der Waals surface area contributed by atoms with Crippen LogP contribution in [-0.4, -0.2) is 44.0 Å². The second-order valence-electron chi connectivity index (χ2n) is 5.77. The quantitative estimate of drug-likeness (QED) is 0.794. The molecule has 2 rings (SSSR count). The Balaban J connectivity index is 1.86. The van der Waals surface area contributed by atoms with Gasteiger partial charge in [0, 0.05) is 12.1 Å². The molecule has 1 aliphatic carbocycles. The molecular weight excluding hydrogens is 264 g/mol. The summed E-state index contributed by atoms with van der Waals surface area (Å²) in [5.41, 5.74) is 0. The van der Waals surface area contributed by atoms with Crippen LogP contribution in [0.1, 0.15) is 45.4 Å². The highest BCUT2D eigenvalue weighted by Crippen LogP contribution is 2.25. The van der Waals surface area contributed by atoms with E-state index in [-0.39, 0.29) is 29.0 Å². The van der Waals surface area contributed by atoms with Crippen LogP contribution in [0.2, 0.25) is 0 Å². The van der Waals surface area contributed by atoms with Gasteiger partial charge in [0.05, 0.1) is 5.25 Å². The fourth-order valence-corrected chi connectivity index (χ4v) is 4.77. The molecule has 2 N–H and O–H groups in total. The summed E-state index contributed by atoms with van der Waals surface area (Å²) in [6.45, 7) is 2.99. The van der Waals surface area contributed by atoms with Crippen LogP contribution in [0.5, 0.6) is 0 Å². The van der Waals surface area contributed by atoms with Crippen LogP contribution in [0.3, 0.4) is 0 Å². The number of hydrogen-bond acceptors (Lipinski definition) is 4. The first kappa shape index (κ1) is 14.8. The van der Waals surface area contributed by atoms with E-state index in [0.717, 1.165) is 45.1 Å². The highest BCUT2D eigenvalue weighted by Gasteiger charge is 2.31. The monoisotopic (exact) mass is 288 g/mol. The zero-order valence-electron chi connectivity index (χ0n) is 11.5. The Morgan fingerprint density at radius 1 is 1.21 bits per heavy atom. The molecule has 1 saturated heterocycles. The summed E-state index contributed by atoms with van der Waals surface area (Å²) in [6, 6.07) is 0.270. The van der Waals surface area contributed by atoms with Crippen LogP contribution in [0.15, 0.2) is 0 Å². The van der Waals surface area contributed by atoms with Gasteiger partial charge in [-0.25, -0.2) is 8.42 Å². The second-order valence-corrected chi connectivity index (χ2v) is 8.05. The van der Waals surface area contributed by atoms with Crippen LogP contribution < -0.4 is 10.6 Å². The van der Waals surface area contributed by atoms with Gasteiger partial charge in [0.25, 0.3) is 0 Å². The molecule has 2 atom stereocenters. The fourth-order valence-electron chi connectivity index (χ4n) is 3.04. The van der Waals surface area contributed by atoms with Gasteiger partial charge in [-0.05, 0) is 39.2 Å². The molecule has 0 aromatic carbocycles. The summed E-state index contributed by atoms with van der Waals surface area (Å²) < 4.78 is 24.2. The van der Waals surface area contributed by atoms with Crippen LogP contribution in [-0.2, 0) is 14.6 Å². The Hall–Kier alpha value is -0.620. The van der Waals surface area contributed by atoms with Crippen molar-refractivity contribution in [2.75, 3.05) is 12.3 Å². The molecule has 2 unspecified atom stereocenters. The van der Waals surface area contributed by atoms with Crippen LogP contribution in [0.25, 0.3) is 0 Å². The van der Waals surface area contributed by atoms with E-state index in [4.69, 9.17) is 0 Å². The van der Waals surface area contributed by atoms with Gasteiger partial charge in [-0.3, -0.25) is 4.79 Å². The molecule has 110 valence electrons. The molecule has 0 aromatic heterocycles. The number of carbonyl (C=O) groups is 1. The van der Waals surface area contributed by atoms with Crippen molar-refractivity contribution in [3.05, 3.63) is 0 Å². The molecule has 1 aliphatic heterocycles. The standard InChI is InChI=1S/C13H24N2O3S/c1-10-12(7-4-8-14-10)15-13(16)9-19(17,18)11-5-2-3-6-11/h10-12,14H,2-9H2,1H3,(H,15,16). The highest BCUT2D eigenvalue weighted by molar-refractivity contribution is 7.92. The van der Waals surface area contributed by atoms with E-state index in [1.165, 1.54) is 0 Å². The van der Waals surface area contributed by atoms with Crippen molar-refractivity contribution in [3.63, 3.8) is 0 Å². The normalized spacial score (nSPS) is 29.3. The molecule has 5 nitrogen and oxygen atoms in total. The van der Waals surface area contributed by atoms with Gasteiger partial charge in [-0.2, -0.15) is 0 Å². The van der Waals surface area contributed by atoms with Crippen molar-refractivity contribution in [2.24, 2.45) is 0 Å². The molecule has 19 heavy (non-hydrogen) atoms. The zero-order valence-corrected chi connectivity index (χ0v) is 12.3. The molecule has 0 bridgehead atoms. The number of rotatable bonds is 4. The second kappa shape index (κ2) is 6.22. The number of nitrogens with one attached hydrogen (secondary N) is 2. The Morgan fingerprint density at radius 2 is 1.89 bits per heavy atom. The summed E-state index contributed by atoms with van der Waals surface area (Å²) in [4.78, 5) is 11.9. The largest absolute Gasteiger partial charge is 0.351 e. The van der Waals surface area contributed by atoms with Gasteiger partial charge in [-0.15, -0.1) is 0 Å². The lowest BCUT2D eigenvalue weighted by Crippen LogP contribution is -2.53. The molecular formula is C13H24N2O3S. The Labute approximate surface area is 115 Å². The van der Waals surface area contributed by atoms with Crippen molar-refractivity contribution < 1.29 is 13.2 Å². The molecule has 2 fully saturated rings. The maximum atomic E-state index is 12.1. The van der Waals surface area contributed by atoms with Crippen molar-refractivity contribution in [2.45, 2.75) is 62.8 Å². The number of carbonyl (C=O) groups excluding carboxylic acids is 1. The fraction of sp³-hybridized carbons (Fsp3) is 0.923. The van der Waals surface area contributed by atoms with E-state index in [2.05, 4.69) is 10.6 Å². The number of sulfone groups is 1. The zero-order chi connectivity index (χ0) is 13.9. The van der Waals surface area contributed by atoms with E-state index in [1.807, 2.05) is 6.92 Å². The number of amides is 1. The average Bonchev–Trinajstić information content (AvgIpc) is 2.85. The minimum atomic E-state index is -3.26. The van der Waals surface area contributed by atoms with E-state index < -0.39 is 9.84 Å². The third-order valence-electron chi connectivity index (χ3n) is 4.25. The van der Waals surface area contributed by atoms with Crippen molar-refractivity contribution in [3.8, 4) is 0 Å². The highest BCUT2D eigenvalue weighted by atomic mass is 32.2. The summed E-state index contributed by atoms with van der Waals surface area (Å²) in [7, 11) is -3.26. The summed E-state index contributed by atoms with van der Waals surface area (Å²) >= 11 is 0. The molecule has 1 amide bonds. The minimum absolute atomic E-state index is 0.0556. The lowest BCUT2D eigenvalue weighted by Gasteiger charge is -2.30. The van der Waals surface area contributed by atoms with E-state index >= 15 is 0 Å². The van der Waals surface area contributed by atoms with Gasteiger partial charge < -0.3 is 10.6 Å². The lowest BCUT2D eigenvalue weighted by molar-refractivity contribution is -0.119. The average molecular weight is 288 g/mol. The van der Waals surface area contributed by atoms with E-state index in [9.17, 15) is 13.2 Å². The molecule has 0 spiro atoms. The third kappa shape index (κ3) is 3.92. The van der Waals surface area contributed by atoms with E-state index in [1.54, 1.807) is 0 Å². The molecule has 1 saturated carbocycles. The van der Waals surface area contributed by atoms with Crippen molar-refractivity contribution in [1.29, 1.82) is 0 Å². The maximum Gasteiger partial charge on any atom is 0.235 e. The minimum Gasteiger partial charge on any atom is -0.351 e. The Morgan fingerprint density at radius 3 is 2.53 bits per heavy atom. The predicted octanol–water partition coefficient (Wildman–Crippen LogP) is 0.601. The summed E-state index contributed by atoms with van der Waals surface area (Å²) in [5.74, 6) is -0.687. The molecule has 0 radical (unpaired) electrons.